The second kappa shape index (κ2) is 9.44. The second-order valence-electron chi connectivity index (χ2n) is 7.06. The Morgan fingerprint density at radius 3 is 2.38 bits per heavy atom. The van der Waals surface area contributed by atoms with E-state index in [1.165, 1.54) is 47.3 Å². The Labute approximate surface area is 196 Å². The lowest BCUT2D eigenvalue weighted by Gasteiger charge is -2.09. The molecule has 0 bridgehead atoms. The molecular formula is C24H18F3N3O3S. The molecule has 34 heavy (non-hydrogen) atoms. The van der Waals surface area contributed by atoms with Crippen LogP contribution in [0.25, 0.3) is 11.3 Å². The van der Waals surface area contributed by atoms with Crippen LogP contribution in [0.1, 0.15) is 11.1 Å². The first kappa shape index (κ1) is 23.1. The molecule has 3 aromatic carbocycles. The van der Waals surface area contributed by atoms with Crippen molar-refractivity contribution < 1.29 is 28.1 Å². The van der Waals surface area contributed by atoms with Gasteiger partial charge in [0.25, 0.3) is 0 Å². The molecule has 0 aliphatic rings. The fraction of sp³-hybridized carbons (Fsp3) is 0.0833. The number of thiazole rings is 1. The molecule has 2 N–H and O–H groups in total. The lowest BCUT2D eigenvalue weighted by molar-refractivity contribution is -0.137. The molecule has 0 unspecified atom stereocenters. The first-order valence-corrected chi connectivity index (χ1v) is 10.8. The maximum Gasteiger partial charge on any atom is 0.418 e. The predicted molar refractivity (Wildman–Crippen MR) is 124 cm³/mol. The summed E-state index contributed by atoms with van der Waals surface area (Å²) in [5, 5.41) is 25.4. The minimum Gasteiger partial charge on any atom is -0.504 e. The van der Waals surface area contributed by atoms with E-state index in [2.05, 4.69) is 10.1 Å². The van der Waals surface area contributed by atoms with E-state index in [4.69, 9.17) is 4.74 Å². The van der Waals surface area contributed by atoms with Gasteiger partial charge in [0.15, 0.2) is 11.5 Å². The average molecular weight is 485 g/mol. The number of benzene rings is 3. The van der Waals surface area contributed by atoms with Gasteiger partial charge in [-0.05, 0) is 60.2 Å². The van der Waals surface area contributed by atoms with E-state index in [1.54, 1.807) is 36.8 Å². The number of halogens is 3. The monoisotopic (exact) mass is 485 g/mol. The summed E-state index contributed by atoms with van der Waals surface area (Å²) in [7, 11) is 1.55. The van der Waals surface area contributed by atoms with Crippen LogP contribution in [0.15, 0.2) is 82.2 Å². The molecule has 6 nitrogen and oxygen atoms in total. The summed E-state index contributed by atoms with van der Waals surface area (Å²) in [6.45, 7) is 0. The molecule has 1 aromatic heterocycles. The molecule has 174 valence electrons. The van der Waals surface area contributed by atoms with Crippen LogP contribution in [0.2, 0.25) is 0 Å². The van der Waals surface area contributed by atoms with E-state index >= 15 is 0 Å². The summed E-state index contributed by atoms with van der Waals surface area (Å²) in [6, 6.07) is 16.3. The molecule has 0 aliphatic carbocycles. The number of phenols is 2. The molecule has 10 heteroatoms. The lowest BCUT2D eigenvalue weighted by atomic mass is 10.1. The van der Waals surface area contributed by atoms with Crippen LogP contribution >= 0.6 is 11.3 Å². The number of nitrogens with zero attached hydrogens (tertiary/aromatic N) is 3. The SMILES string of the molecule is COc1ccc(-c2csc(=Nc3ccccc3C(F)(F)F)n2/N=C/c2ccc(O)c(O)c2)cc1. The van der Waals surface area contributed by atoms with Crippen molar-refractivity contribution in [1.29, 1.82) is 0 Å². The van der Waals surface area contributed by atoms with Crippen molar-refractivity contribution in [2.24, 2.45) is 10.1 Å². The van der Waals surface area contributed by atoms with E-state index in [1.807, 2.05) is 0 Å². The van der Waals surface area contributed by atoms with Crippen molar-refractivity contribution >= 4 is 23.2 Å². The zero-order chi connectivity index (χ0) is 24.3. The van der Waals surface area contributed by atoms with Gasteiger partial charge in [-0.15, -0.1) is 11.3 Å². The smallest absolute Gasteiger partial charge is 0.418 e. The molecule has 4 aromatic rings. The quantitative estimate of drug-likeness (QED) is 0.278. The number of hydrogen-bond acceptors (Lipinski definition) is 6. The molecule has 0 aliphatic heterocycles. The third-order valence-corrected chi connectivity index (χ3v) is 5.63. The Hall–Kier alpha value is -4.05. The zero-order valence-electron chi connectivity index (χ0n) is 17.7. The maximum atomic E-state index is 13.5. The molecule has 0 spiro atoms. The van der Waals surface area contributed by atoms with Gasteiger partial charge in [0.1, 0.15) is 5.75 Å². The summed E-state index contributed by atoms with van der Waals surface area (Å²) in [4.78, 5) is 4.47. The van der Waals surface area contributed by atoms with Crippen molar-refractivity contribution in [3.63, 3.8) is 0 Å². The van der Waals surface area contributed by atoms with Gasteiger partial charge >= 0.3 is 6.18 Å². The largest absolute Gasteiger partial charge is 0.504 e. The number of phenolic OH excluding ortho intramolecular Hbond substituents is 2. The first-order valence-electron chi connectivity index (χ1n) is 9.88. The van der Waals surface area contributed by atoms with Gasteiger partial charge in [-0.3, -0.25) is 0 Å². The van der Waals surface area contributed by atoms with Gasteiger partial charge in [-0.1, -0.05) is 12.1 Å². The fourth-order valence-corrected chi connectivity index (χ4v) is 3.96. The number of rotatable bonds is 5. The van der Waals surface area contributed by atoms with Crippen molar-refractivity contribution in [3.8, 4) is 28.5 Å². The highest BCUT2D eigenvalue weighted by Gasteiger charge is 2.33. The predicted octanol–water partition coefficient (Wildman–Crippen LogP) is 5.77. The summed E-state index contributed by atoms with van der Waals surface area (Å²) >= 11 is 1.13. The minimum absolute atomic E-state index is 0.210. The molecule has 0 fully saturated rings. The van der Waals surface area contributed by atoms with Crippen molar-refractivity contribution in [2.75, 3.05) is 7.11 Å². The van der Waals surface area contributed by atoms with Crippen LogP contribution in [0, 0.1) is 0 Å². The molecule has 1 heterocycles. The van der Waals surface area contributed by atoms with Crippen molar-refractivity contribution in [3.05, 3.63) is 88.0 Å². The molecule has 0 saturated carbocycles. The second-order valence-corrected chi connectivity index (χ2v) is 7.90. The lowest BCUT2D eigenvalue weighted by Crippen LogP contribution is -2.13. The van der Waals surface area contributed by atoms with E-state index < -0.39 is 11.7 Å². The number of para-hydroxylation sites is 1. The average Bonchev–Trinajstić information content (AvgIpc) is 3.22. The van der Waals surface area contributed by atoms with Crippen LogP contribution in [0.4, 0.5) is 18.9 Å². The highest BCUT2D eigenvalue weighted by atomic mass is 32.1. The van der Waals surface area contributed by atoms with Gasteiger partial charge in [-0.25, -0.2) is 9.67 Å². The Kier molecular flexibility index (Phi) is 6.42. The van der Waals surface area contributed by atoms with Crippen LogP contribution in [-0.2, 0) is 6.18 Å². The maximum absolute atomic E-state index is 13.5. The molecule has 0 radical (unpaired) electrons. The zero-order valence-corrected chi connectivity index (χ0v) is 18.5. The number of aromatic hydroxyl groups is 2. The Morgan fingerprint density at radius 1 is 0.971 bits per heavy atom. The van der Waals surface area contributed by atoms with E-state index in [0.29, 0.717) is 17.0 Å². The fourth-order valence-electron chi connectivity index (χ4n) is 3.11. The Balaban J connectivity index is 1.87. The van der Waals surface area contributed by atoms with E-state index in [0.717, 1.165) is 23.0 Å². The Morgan fingerprint density at radius 2 is 1.71 bits per heavy atom. The number of alkyl halides is 3. The molecule has 0 amide bonds. The normalized spacial score (nSPS) is 12.4. The summed E-state index contributed by atoms with van der Waals surface area (Å²) in [6.07, 6.45) is -3.15. The number of aromatic nitrogens is 1. The molecular weight excluding hydrogens is 467 g/mol. The minimum atomic E-state index is -4.56. The van der Waals surface area contributed by atoms with E-state index in [-0.39, 0.29) is 22.0 Å². The van der Waals surface area contributed by atoms with E-state index in [9.17, 15) is 23.4 Å². The molecule has 0 atom stereocenters. The highest BCUT2D eigenvalue weighted by molar-refractivity contribution is 7.07. The van der Waals surface area contributed by atoms with Gasteiger partial charge in [0.2, 0.25) is 4.80 Å². The standard InChI is InChI=1S/C24H18F3N3O3S/c1-33-17-9-7-16(8-10-17)20-14-34-23(29-19-5-3-2-4-18(19)24(25,26)27)30(20)28-13-15-6-11-21(31)22(32)12-15/h2-14,31-32H,1H3/b28-13+,29-23?. The number of ether oxygens (including phenoxy) is 1. The van der Waals surface area contributed by atoms with Crippen LogP contribution in [0.3, 0.4) is 0 Å². The van der Waals surface area contributed by atoms with Crippen LogP contribution < -0.4 is 9.54 Å². The van der Waals surface area contributed by atoms with Crippen LogP contribution in [0.5, 0.6) is 17.2 Å². The van der Waals surface area contributed by atoms with Gasteiger partial charge in [0, 0.05) is 10.9 Å². The third kappa shape index (κ3) is 4.96. The Bertz CT molecular complexity index is 1410. The summed E-state index contributed by atoms with van der Waals surface area (Å²) in [5.74, 6) is 0.0509. The summed E-state index contributed by atoms with van der Waals surface area (Å²) in [5.41, 5.74) is 0.720. The van der Waals surface area contributed by atoms with Crippen molar-refractivity contribution in [2.45, 2.75) is 6.18 Å². The first-order chi connectivity index (χ1) is 16.3. The van der Waals surface area contributed by atoms with Gasteiger partial charge in [0.05, 0.1) is 30.3 Å². The summed E-state index contributed by atoms with van der Waals surface area (Å²) < 4.78 is 47.1. The van der Waals surface area contributed by atoms with Gasteiger partial charge in [-0.2, -0.15) is 18.3 Å². The van der Waals surface area contributed by atoms with Crippen molar-refractivity contribution in [1.82, 2.24) is 4.68 Å². The number of methoxy groups -OCH3 is 1. The molecule has 4 rings (SSSR count). The van der Waals surface area contributed by atoms with Gasteiger partial charge < -0.3 is 14.9 Å². The third-order valence-electron chi connectivity index (χ3n) is 4.82. The van der Waals surface area contributed by atoms with Crippen LogP contribution in [-0.4, -0.2) is 28.2 Å². The highest BCUT2D eigenvalue weighted by Crippen LogP contribution is 2.36. The number of hydrogen-bond donors (Lipinski definition) is 2. The molecule has 0 saturated heterocycles. The topological polar surface area (TPSA) is 79.3 Å².